The Bertz CT molecular complexity index is 423. The van der Waals surface area contributed by atoms with E-state index in [9.17, 15) is 0 Å². The van der Waals surface area contributed by atoms with Crippen molar-refractivity contribution in [2.75, 3.05) is 6.54 Å². The zero-order valence-electron chi connectivity index (χ0n) is 12.8. The van der Waals surface area contributed by atoms with Gasteiger partial charge in [0, 0.05) is 28.6 Å². The van der Waals surface area contributed by atoms with Crippen LogP contribution < -0.4 is 0 Å². The molecule has 1 fully saturated rings. The van der Waals surface area contributed by atoms with Gasteiger partial charge in [0.15, 0.2) is 0 Å². The molecule has 2 heterocycles. The van der Waals surface area contributed by atoms with E-state index in [1.165, 1.54) is 30.0 Å². The molecule has 0 spiro atoms. The molecule has 1 aliphatic heterocycles. The van der Waals surface area contributed by atoms with Crippen molar-refractivity contribution >= 4 is 11.8 Å². The molecular weight excluding hydrogens is 252 g/mol. The maximum atomic E-state index is 4.64. The van der Waals surface area contributed by atoms with Crippen LogP contribution in [-0.4, -0.2) is 27.2 Å². The van der Waals surface area contributed by atoms with Crippen molar-refractivity contribution < 1.29 is 0 Å². The highest BCUT2D eigenvalue weighted by molar-refractivity contribution is 8.00. The number of thioether (sulfide) groups is 1. The van der Waals surface area contributed by atoms with Crippen LogP contribution in [0.5, 0.6) is 0 Å². The lowest BCUT2D eigenvalue weighted by Gasteiger charge is -2.30. The standard InChI is InChI=1S/C16H26N2S/c1-12(2)18-11-7-9-14(18)13-8-6-10-17-15(13)19-16(3,4)5/h6,8,10,12,14H,7,9,11H2,1-5H3. The fourth-order valence-electron chi connectivity index (χ4n) is 2.77. The summed E-state index contributed by atoms with van der Waals surface area (Å²) >= 11 is 1.89. The number of pyridine rings is 1. The summed E-state index contributed by atoms with van der Waals surface area (Å²) in [4.78, 5) is 7.25. The zero-order valence-corrected chi connectivity index (χ0v) is 13.6. The second kappa shape index (κ2) is 5.84. The van der Waals surface area contributed by atoms with Crippen LogP contribution in [0.25, 0.3) is 0 Å². The Morgan fingerprint density at radius 1 is 1.37 bits per heavy atom. The van der Waals surface area contributed by atoms with Crippen molar-refractivity contribution in [1.82, 2.24) is 9.88 Å². The molecule has 0 aromatic carbocycles. The van der Waals surface area contributed by atoms with Crippen molar-refractivity contribution in [1.29, 1.82) is 0 Å². The van der Waals surface area contributed by atoms with Gasteiger partial charge in [-0.1, -0.05) is 26.8 Å². The summed E-state index contributed by atoms with van der Waals surface area (Å²) in [6.07, 6.45) is 4.49. The first-order valence-corrected chi connectivity index (χ1v) is 8.10. The predicted octanol–water partition coefficient (Wildman–Crippen LogP) is 4.52. The first-order valence-electron chi connectivity index (χ1n) is 7.28. The lowest BCUT2D eigenvalue weighted by molar-refractivity contribution is 0.203. The number of likely N-dealkylation sites (tertiary alicyclic amines) is 1. The molecule has 1 aromatic heterocycles. The normalized spacial score (nSPS) is 21.3. The van der Waals surface area contributed by atoms with Crippen molar-refractivity contribution in [3.05, 3.63) is 23.9 Å². The van der Waals surface area contributed by atoms with E-state index in [2.05, 4.69) is 56.6 Å². The molecule has 19 heavy (non-hydrogen) atoms. The molecule has 0 bridgehead atoms. The van der Waals surface area contributed by atoms with Crippen LogP contribution in [0, 0.1) is 0 Å². The lowest BCUT2D eigenvalue weighted by atomic mass is 10.1. The third kappa shape index (κ3) is 3.73. The average molecular weight is 278 g/mol. The monoisotopic (exact) mass is 278 g/mol. The molecule has 0 amide bonds. The highest BCUT2D eigenvalue weighted by Gasteiger charge is 2.30. The van der Waals surface area contributed by atoms with E-state index in [4.69, 9.17) is 0 Å². The van der Waals surface area contributed by atoms with Crippen LogP contribution in [0.3, 0.4) is 0 Å². The highest BCUT2D eigenvalue weighted by atomic mass is 32.2. The molecule has 0 radical (unpaired) electrons. The Morgan fingerprint density at radius 3 is 2.74 bits per heavy atom. The van der Waals surface area contributed by atoms with Gasteiger partial charge in [-0.3, -0.25) is 4.90 Å². The Hall–Kier alpha value is -0.540. The van der Waals surface area contributed by atoms with E-state index < -0.39 is 0 Å². The van der Waals surface area contributed by atoms with Gasteiger partial charge in [-0.2, -0.15) is 0 Å². The molecule has 2 rings (SSSR count). The molecular formula is C16H26N2S. The summed E-state index contributed by atoms with van der Waals surface area (Å²) in [6.45, 7) is 12.6. The zero-order chi connectivity index (χ0) is 14.0. The summed E-state index contributed by atoms with van der Waals surface area (Å²) in [5, 5.41) is 1.22. The van der Waals surface area contributed by atoms with Crippen LogP contribution in [0.1, 0.15) is 59.1 Å². The number of hydrogen-bond donors (Lipinski definition) is 0. The van der Waals surface area contributed by atoms with Gasteiger partial charge in [0.05, 0.1) is 0 Å². The Morgan fingerprint density at radius 2 is 2.11 bits per heavy atom. The van der Waals surface area contributed by atoms with E-state index in [0.29, 0.717) is 12.1 Å². The van der Waals surface area contributed by atoms with Gasteiger partial charge >= 0.3 is 0 Å². The van der Waals surface area contributed by atoms with Gasteiger partial charge in [0.25, 0.3) is 0 Å². The molecule has 106 valence electrons. The molecule has 0 aliphatic carbocycles. The summed E-state index contributed by atoms with van der Waals surface area (Å²) in [7, 11) is 0. The highest BCUT2D eigenvalue weighted by Crippen LogP contribution is 2.40. The minimum absolute atomic E-state index is 0.213. The topological polar surface area (TPSA) is 16.1 Å². The summed E-state index contributed by atoms with van der Waals surface area (Å²) in [5.74, 6) is 0. The third-order valence-electron chi connectivity index (χ3n) is 3.52. The minimum Gasteiger partial charge on any atom is -0.294 e. The number of nitrogens with zero attached hydrogens (tertiary/aromatic N) is 2. The van der Waals surface area contributed by atoms with Gasteiger partial charge < -0.3 is 0 Å². The van der Waals surface area contributed by atoms with Gasteiger partial charge in [0.1, 0.15) is 5.03 Å². The lowest BCUT2D eigenvalue weighted by Crippen LogP contribution is -2.30. The molecule has 2 nitrogen and oxygen atoms in total. The predicted molar refractivity (Wildman–Crippen MR) is 83.7 cm³/mol. The van der Waals surface area contributed by atoms with Gasteiger partial charge in [0.2, 0.25) is 0 Å². The summed E-state index contributed by atoms with van der Waals surface area (Å²) in [6, 6.07) is 5.52. The molecule has 3 heteroatoms. The van der Waals surface area contributed by atoms with Gasteiger partial charge in [-0.05, 0) is 39.3 Å². The van der Waals surface area contributed by atoms with Crippen LogP contribution in [-0.2, 0) is 0 Å². The quantitative estimate of drug-likeness (QED) is 0.756. The van der Waals surface area contributed by atoms with Gasteiger partial charge in [-0.15, -0.1) is 11.8 Å². The van der Waals surface area contributed by atoms with E-state index >= 15 is 0 Å². The van der Waals surface area contributed by atoms with E-state index in [1.54, 1.807) is 0 Å². The maximum Gasteiger partial charge on any atom is 0.101 e. The number of aromatic nitrogens is 1. The Balaban J connectivity index is 2.29. The number of rotatable bonds is 3. The SMILES string of the molecule is CC(C)N1CCCC1c1cccnc1SC(C)(C)C. The van der Waals surface area contributed by atoms with Crippen molar-refractivity contribution in [3.63, 3.8) is 0 Å². The summed E-state index contributed by atoms with van der Waals surface area (Å²) in [5.41, 5.74) is 1.42. The molecule has 0 N–H and O–H groups in total. The van der Waals surface area contributed by atoms with Crippen molar-refractivity contribution in [3.8, 4) is 0 Å². The second-order valence-corrected chi connectivity index (χ2v) is 8.42. The molecule has 1 saturated heterocycles. The fourth-order valence-corrected chi connectivity index (χ4v) is 3.79. The number of hydrogen-bond acceptors (Lipinski definition) is 3. The van der Waals surface area contributed by atoms with E-state index in [1.807, 2.05) is 18.0 Å². The average Bonchev–Trinajstić information content (AvgIpc) is 2.76. The van der Waals surface area contributed by atoms with Crippen LogP contribution in [0.15, 0.2) is 23.4 Å². The molecule has 1 unspecified atom stereocenters. The van der Waals surface area contributed by atoms with Gasteiger partial charge in [-0.25, -0.2) is 4.98 Å². The van der Waals surface area contributed by atoms with Crippen LogP contribution >= 0.6 is 11.8 Å². The largest absolute Gasteiger partial charge is 0.294 e. The minimum atomic E-state index is 0.213. The second-order valence-electron chi connectivity index (χ2n) is 6.60. The Kier molecular flexibility index (Phi) is 4.57. The van der Waals surface area contributed by atoms with Crippen LogP contribution in [0.4, 0.5) is 0 Å². The first-order chi connectivity index (χ1) is 8.88. The van der Waals surface area contributed by atoms with Crippen molar-refractivity contribution in [2.45, 2.75) is 69.3 Å². The first kappa shape index (κ1) is 14.9. The summed E-state index contributed by atoms with van der Waals surface area (Å²) < 4.78 is 0.213. The smallest absolute Gasteiger partial charge is 0.101 e. The van der Waals surface area contributed by atoms with E-state index in [0.717, 1.165) is 0 Å². The van der Waals surface area contributed by atoms with Crippen molar-refractivity contribution in [2.24, 2.45) is 0 Å². The third-order valence-corrected chi connectivity index (χ3v) is 4.67. The molecule has 1 aliphatic rings. The Labute approximate surface area is 122 Å². The molecule has 1 atom stereocenters. The molecule has 0 saturated carbocycles. The van der Waals surface area contributed by atoms with Crippen LogP contribution in [0.2, 0.25) is 0 Å². The maximum absolute atomic E-state index is 4.64. The molecule has 1 aromatic rings. The van der Waals surface area contributed by atoms with E-state index in [-0.39, 0.29) is 4.75 Å². The fraction of sp³-hybridized carbons (Fsp3) is 0.688.